The molecular formula is C51H55N11O5S2. The first-order valence-electron chi connectivity index (χ1n) is 23.4. The molecule has 0 unspecified atom stereocenters. The fourth-order valence-corrected chi connectivity index (χ4v) is 10.7. The number of rotatable bonds is 9. The van der Waals surface area contributed by atoms with Gasteiger partial charge in [0.05, 0.1) is 35.6 Å². The van der Waals surface area contributed by atoms with E-state index in [0.29, 0.717) is 83.1 Å². The number of thiocarbonyl (C=S) groups is 2. The lowest BCUT2D eigenvalue weighted by atomic mass is 9.75. The van der Waals surface area contributed by atoms with Crippen molar-refractivity contribution in [2.24, 2.45) is 11.8 Å². The molecule has 4 aliphatic heterocycles. The van der Waals surface area contributed by atoms with Crippen molar-refractivity contribution in [1.82, 2.24) is 29.7 Å². The number of carbonyl (C=O) groups excluding carboxylic acids is 3. The molecule has 3 aromatic heterocycles. The zero-order valence-corrected chi connectivity index (χ0v) is 41.2. The summed E-state index contributed by atoms with van der Waals surface area (Å²) in [6.45, 7) is 30.4. The van der Waals surface area contributed by atoms with Crippen LogP contribution in [0.4, 0.5) is 33.5 Å². The Labute approximate surface area is 413 Å². The second kappa shape index (κ2) is 18.3. The van der Waals surface area contributed by atoms with Gasteiger partial charge in [-0.25, -0.2) is 9.78 Å². The third-order valence-corrected chi connectivity index (χ3v) is 14.8. The summed E-state index contributed by atoms with van der Waals surface area (Å²) < 4.78 is 11.3. The van der Waals surface area contributed by atoms with Crippen LogP contribution >= 0.6 is 24.4 Å². The molecule has 7 heterocycles. The molecule has 0 N–H and O–H groups in total. The maximum absolute atomic E-state index is 13.6. The number of allylic oxidation sites excluding steroid dienone is 2. The molecular weight excluding hydrogens is 911 g/mol. The molecule has 3 aromatic rings. The third kappa shape index (κ3) is 8.58. The van der Waals surface area contributed by atoms with E-state index >= 15 is 0 Å². The Balaban J connectivity index is 0.000000175. The molecule has 6 fully saturated rings. The second-order valence-electron chi connectivity index (χ2n) is 19.9. The lowest BCUT2D eigenvalue weighted by molar-refractivity contribution is -0.128. The van der Waals surface area contributed by atoms with Crippen molar-refractivity contribution in [3.8, 4) is 5.88 Å². The average Bonchev–Trinajstić information content (AvgIpc) is 3.64. The topological polar surface area (TPSA) is 136 Å². The van der Waals surface area contributed by atoms with Gasteiger partial charge in [-0.2, -0.15) is 0 Å². The fraction of sp³-hybridized carbons (Fsp3) is 0.451. The number of ether oxygens (including phenoxy) is 2. The lowest BCUT2D eigenvalue weighted by Crippen LogP contribution is -2.55. The lowest BCUT2D eigenvalue weighted by Gasteiger charge is -2.44. The summed E-state index contributed by atoms with van der Waals surface area (Å²) in [5, 5.41) is 0.854. The molecule has 16 nitrogen and oxygen atoms in total. The molecule has 3 aliphatic carbocycles. The minimum absolute atomic E-state index is 0.00440. The molecule has 0 atom stereocenters. The summed E-state index contributed by atoms with van der Waals surface area (Å²) in [5.74, 6) is 1.97. The van der Waals surface area contributed by atoms with E-state index in [1.54, 1.807) is 41.2 Å². The van der Waals surface area contributed by atoms with E-state index < -0.39 is 16.7 Å². The number of amides is 3. The number of aromatic nitrogens is 3. The van der Waals surface area contributed by atoms with Crippen LogP contribution in [0, 0.1) is 38.8 Å². The Morgan fingerprint density at radius 3 is 1.81 bits per heavy atom. The van der Waals surface area contributed by atoms with Gasteiger partial charge in [0.15, 0.2) is 10.2 Å². The van der Waals surface area contributed by atoms with Crippen LogP contribution in [0.15, 0.2) is 79.2 Å². The van der Waals surface area contributed by atoms with Crippen molar-refractivity contribution >= 4 is 81.3 Å². The Morgan fingerprint density at radius 1 is 0.797 bits per heavy atom. The van der Waals surface area contributed by atoms with Gasteiger partial charge in [-0.1, -0.05) is 26.1 Å². The summed E-state index contributed by atoms with van der Waals surface area (Å²) in [6.07, 6.45) is 19.4. The Hall–Kier alpha value is -6.76. The number of nitrogens with zero attached hydrogens (tertiary/aromatic N) is 11. The molecule has 69 heavy (non-hydrogen) atoms. The molecule has 18 heteroatoms. The van der Waals surface area contributed by atoms with E-state index in [2.05, 4.69) is 42.3 Å². The minimum atomic E-state index is -0.732. The smallest absolute Gasteiger partial charge is 0.410 e. The molecule has 3 amide bonds. The molecule has 3 saturated heterocycles. The normalized spacial score (nSPS) is 20.4. The van der Waals surface area contributed by atoms with Crippen molar-refractivity contribution in [3.63, 3.8) is 0 Å². The van der Waals surface area contributed by atoms with Crippen LogP contribution in [-0.4, -0.2) is 101 Å². The molecule has 3 saturated carbocycles. The molecule has 7 aliphatic rings. The predicted molar refractivity (Wildman–Crippen MR) is 270 cm³/mol. The largest absolute Gasteiger partial charge is 0.477 e. The van der Waals surface area contributed by atoms with Gasteiger partial charge >= 0.3 is 6.09 Å². The molecule has 10 rings (SSSR count). The van der Waals surface area contributed by atoms with E-state index in [-0.39, 0.29) is 23.8 Å². The van der Waals surface area contributed by atoms with Crippen molar-refractivity contribution in [2.45, 2.75) is 109 Å². The monoisotopic (exact) mass is 965 g/mol. The number of hydrogen-bond donors (Lipinski definition) is 0. The highest BCUT2D eigenvalue weighted by molar-refractivity contribution is 7.81. The van der Waals surface area contributed by atoms with Gasteiger partial charge in [0.1, 0.15) is 29.1 Å². The van der Waals surface area contributed by atoms with Gasteiger partial charge in [0.25, 0.3) is 23.5 Å². The number of hydrogen-bond acceptors (Lipinski definition) is 11. The Morgan fingerprint density at radius 2 is 1.35 bits per heavy atom. The van der Waals surface area contributed by atoms with Crippen molar-refractivity contribution in [3.05, 3.63) is 113 Å². The van der Waals surface area contributed by atoms with Crippen LogP contribution in [-0.2, 0) is 14.3 Å². The Bertz CT molecular complexity index is 2790. The van der Waals surface area contributed by atoms with Crippen molar-refractivity contribution in [2.75, 3.05) is 40.9 Å². The number of carbonyl (C=O) groups is 3. The third-order valence-electron chi connectivity index (χ3n) is 14.1. The summed E-state index contributed by atoms with van der Waals surface area (Å²) in [5.41, 5.74) is 3.39. The summed E-state index contributed by atoms with van der Waals surface area (Å²) in [6, 6.07) is 7.25. The maximum Gasteiger partial charge on any atom is 0.410 e. The molecule has 0 bridgehead atoms. The quantitative estimate of drug-likeness (QED) is 0.149. The molecule has 2 spiro atoms. The number of aryl methyl sites for hydroxylation is 2. The summed E-state index contributed by atoms with van der Waals surface area (Å²) in [4.78, 5) is 70.1. The van der Waals surface area contributed by atoms with Gasteiger partial charge < -0.3 is 38.8 Å². The van der Waals surface area contributed by atoms with Crippen molar-refractivity contribution in [1.29, 1.82) is 0 Å². The van der Waals surface area contributed by atoms with Gasteiger partial charge in [0.2, 0.25) is 5.88 Å². The van der Waals surface area contributed by atoms with Crippen LogP contribution in [0.5, 0.6) is 5.88 Å². The Kier molecular flexibility index (Phi) is 12.5. The van der Waals surface area contributed by atoms with E-state index in [1.807, 2.05) is 61.8 Å². The number of pyridine rings is 3. The van der Waals surface area contributed by atoms with Crippen LogP contribution in [0.2, 0.25) is 0 Å². The maximum atomic E-state index is 13.6. The first-order chi connectivity index (χ1) is 33.0. The standard InChI is InChI=1S/C27H30N6O4S.C24H25N5OS/c1-17-11-20(13-30-22(17)28-5)32-23(34)27(9-6-10-27)33(24(32)38)19-7-8-21(29-12-19)36-16-18-14-31(15-18)25(35)37-26(2,3)4;1-16-12-20(13-26-21(16)25-3)28-22(30)24(10-5-11-24)29(23(28)31)19-9-8-17(2)27(15-19)14-18-6-4-7-18/h7-8,11-13,18H,6,9-10,14-16H2,1-4H3;8-9,12-13,15,18H,2,4-7,10-11,14H2,1H3. The summed E-state index contributed by atoms with van der Waals surface area (Å²) >= 11 is 11.7. The van der Waals surface area contributed by atoms with E-state index in [4.69, 9.17) is 47.1 Å². The second-order valence-corrected chi connectivity index (χ2v) is 20.7. The van der Waals surface area contributed by atoms with Gasteiger partial charge in [-0.15, -0.1) is 9.97 Å². The van der Waals surface area contributed by atoms with Gasteiger partial charge in [0, 0.05) is 43.5 Å². The highest BCUT2D eigenvalue weighted by Crippen LogP contribution is 2.50. The minimum Gasteiger partial charge on any atom is -0.477 e. The van der Waals surface area contributed by atoms with Crippen LogP contribution < -0.4 is 19.4 Å². The first kappa shape index (κ1) is 47.3. The van der Waals surface area contributed by atoms with Gasteiger partial charge in [-0.3, -0.25) is 19.4 Å². The van der Waals surface area contributed by atoms with Crippen LogP contribution in [0.1, 0.15) is 89.7 Å². The fourth-order valence-electron chi connectivity index (χ4n) is 9.76. The van der Waals surface area contributed by atoms with Gasteiger partial charge in [-0.05, 0) is 158 Å². The first-order valence-corrected chi connectivity index (χ1v) is 24.3. The van der Waals surface area contributed by atoms with Crippen LogP contribution in [0.25, 0.3) is 9.69 Å². The van der Waals surface area contributed by atoms with Crippen LogP contribution in [0.3, 0.4) is 0 Å². The molecule has 0 aromatic carbocycles. The van der Waals surface area contributed by atoms with E-state index in [0.717, 1.165) is 54.9 Å². The highest BCUT2D eigenvalue weighted by atomic mass is 32.1. The number of anilines is 3. The average molecular weight is 966 g/mol. The SMILES string of the molecule is [C-]#[N+]c1ncc(N2C(=O)C3(CCC3)N(C3=CN(CC4CCC4)C(=C)C=C3)C2=S)cc1C.[C-]#[N+]c1ncc(N2C(=O)C3(CCC3)N(c3ccc(OCC4CN(C(=O)OC(C)(C)C)C4)nc3)C2=S)cc1C. The molecule has 356 valence electrons. The predicted octanol–water partition coefficient (Wildman–Crippen LogP) is 9.47. The number of likely N-dealkylation sites (tertiary alicyclic amines) is 1. The van der Waals surface area contributed by atoms with E-state index in [9.17, 15) is 14.4 Å². The highest BCUT2D eigenvalue weighted by Gasteiger charge is 2.61. The summed E-state index contributed by atoms with van der Waals surface area (Å²) in [7, 11) is 0. The van der Waals surface area contributed by atoms with E-state index in [1.165, 1.54) is 30.4 Å². The molecule has 0 radical (unpaired) electrons. The zero-order valence-electron chi connectivity index (χ0n) is 39.6. The zero-order chi connectivity index (χ0) is 49.0. The van der Waals surface area contributed by atoms with Crippen molar-refractivity contribution < 1.29 is 23.9 Å².